The summed E-state index contributed by atoms with van der Waals surface area (Å²) in [5, 5.41) is 9.80. The van der Waals surface area contributed by atoms with E-state index in [1.807, 2.05) is 0 Å². The Morgan fingerprint density at radius 3 is 2.50 bits per heavy atom. The normalized spacial score (nSPS) is 26.8. The van der Waals surface area contributed by atoms with Crippen molar-refractivity contribution in [3.8, 4) is 0 Å². The molecule has 1 aliphatic rings. The highest BCUT2D eigenvalue weighted by molar-refractivity contribution is 5.32. The Morgan fingerprint density at radius 1 is 1.14 bits per heavy atom. The molecule has 2 atom stereocenters. The van der Waals surface area contributed by atoms with Gasteiger partial charge in [0.05, 0.1) is 6.10 Å². The molecule has 1 aromatic rings. The lowest BCUT2D eigenvalue weighted by Gasteiger charge is -2.15. The molecule has 0 bridgehead atoms. The van der Waals surface area contributed by atoms with Crippen LogP contribution >= 0.6 is 0 Å². The summed E-state index contributed by atoms with van der Waals surface area (Å²) in [4.78, 5) is 0. The lowest BCUT2D eigenvalue weighted by Crippen LogP contribution is -2.11. The molecule has 0 amide bonds. The van der Waals surface area contributed by atoms with Gasteiger partial charge in [-0.2, -0.15) is 0 Å². The van der Waals surface area contributed by atoms with Crippen molar-refractivity contribution in [3.63, 3.8) is 0 Å². The van der Waals surface area contributed by atoms with Gasteiger partial charge in [-0.15, -0.1) is 0 Å². The third kappa shape index (κ3) is 1.69. The Bertz CT molecular complexity index is 330. The summed E-state index contributed by atoms with van der Waals surface area (Å²) in [6.07, 6.45) is 3.16. The summed E-state index contributed by atoms with van der Waals surface area (Å²) < 4.78 is 0. The van der Waals surface area contributed by atoms with Crippen molar-refractivity contribution in [2.45, 2.75) is 45.1 Å². The first-order valence-corrected chi connectivity index (χ1v) is 5.43. The van der Waals surface area contributed by atoms with Crippen molar-refractivity contribution in [3.05, 3.63) is 34.9 Å². The standard InChI is InChI=1S/C13H18O/c1-9-6-7-11(8-10(9)2)12-4-3-5-13(12)14/h6-8,12-14H,3-5H2,1-2H3/t12-,13+/m0/s1. The Labute approximate surface area is 85.8 Å². The fourth-order valence-corrected chi connectivity index (χ4v) is 2.32. The Morgan fingerprint density at radius 2 is 1.93 bits per heavy atom. The lowest BCUT2D eigenvalue weighted by molar-refractivity contribution is 0.164. The molecule has 1 heteroatoms. The van der Waals surface area contributed by atoms with Crippen LogP contribution in [0.25, 0.3) is 0 Å². The minimum atomic E-state index is -0.114. The van der Waals surface area contributed by atoms with Gasteiger partial charge in [0.25, 0.3) is 0 Å². The Hall–Kier alpha value is -0.820. The fraction of sp³-hybridized carbons (Fsp3) is 0.538. The van der Waals surface area contributed by atoms with E-state index in [4.69, 9.17) is 0 Å². The predicted octanol–water partition coefficient (Wildman–Crippen LogP) is 2.93. The minimum absolute atomic E-state index is 0.114. The summed E-state index contributed by atoms with van der Waals surface area (Å²) in [5.74, 6) is 0.384. The first-order chi connectivity index (χ1) is 6.68. The number of aryl methyl sites for hydroxylation is 2. The Balaban J connectivity index is 2.28. The molecule has 1 aromatic carbocycles. The molecule has 1 saturated carbocycles. The fourth-order valence-electron chi connectivity index (χ4n) is 2.32. The Kier molecular flexibility index (Phi) is 2.60. The van der Waals surface area contributed by atoms with Crippen LogP contribution in [0.3, 0.4) is 0 Å². The van der Waals surface area contributed by atoms with Crippen LogP contribution in [0.5, 0.6) is 0 Å². The van der Waals surface area contributed by atoms with E-state index < -0.39 is 0 Å². The van der Waals surface area contributed by atoms with E-state index in [2.05, 4.69) is 32.0 Å². The summed E-state index contributed by atoms with van der Waals surface area (Å²) in [6, 6.07) is 6.56. The molecular weight excluding hydrogens is 172 g/mol. The van der Waals surface area contributed by atoms with E-state index in [0.29, 0.717) is 5.92 Å². The minimum Gasteiger partial charge on any atom is -0.392 e. The zero-order valence-corrected chi connectivity index (χ0v) is 8.96. The van der Waals surface area contributed by atoms with Gasteiger partial charge in [-0.3, -0.25) is 0 Å². The van der Waals surface area contributed by atoms with Crippen LogP contribution in [-0.2, 0) is 0 Å². The SMILES string of the molecule is Cc1ccc([C@@H]2CCC[C@H]2O)cc1C. The monoisotopic (exact) mass is 190 g/mol. The molecule has 0 aromatic heterocycles. The maximum atomic E-state index is 9.80. The summed E-state index contributed by atoms with van der Waals surface area (Å²) in [6.45, 7) is 4.27. The highest BCUT2D eigenvalue weighted by Crippen LogP contribution is 2.35. The number of hydrogen-bond donors (Lipinski definition) is 1. The zero-order chi connectivity index (χ0) is 10.1. The molecule has 0 unspecified atom stereocenters. The third-order valence-corrected chi connectivity index (χ3v) is 3.44. The van der Waals surface area contributed by atoms with E-state index in [1.165, 1.54) is 23.1 Å². The van der Waals surface area contributed by atoms with E-state index in [1.54, 1.807) is 0 Å². The van der Waals surface area contributed by atoms with E-state index in [-0.39, 0.29) is 6.10 Å². The molecule has 76 valence electrons. The predicted molar refractivity (Wildman–Crippen MR) is 58.5 cm³/mol. The average Bonchev–Trinajstić information content (AvgIpc) is 2.57. The van der Waals surface area contributed by atoms with Crippen LogP contribution in [-0.4, -0.2) is 11.2 Å². The molecule has 1 aliphatic carbocycles. The summed E-state index contributed by atoms with van der Waals surface area (Å²) >= 11 is 0. The molecule has 0 saturated heterocycles. The molecular formula is C13H18O. The van der Waals surface area contributed by atoms with Gasteiger partial charge in [0.15, 0.2) is 0 Å². The number of rotatable bonds is 1. The van der Waals surface area contributed by atoms with E-state index in [0.717, 1.165) is 12.8 Å². The second-order valence-corrected chi connectivity index (χ2v) is 4.45. The number of aliphatic hydroxyl groups is 1. The van der Waals surface area contributed by atoms with Gasteiger partial charge >= 0.3 is 0 Å². The third-order valence-electron chi connectivity index (χ3n) is 3.44. The summed E-state index contributed by atoms with van der Waals surface area (Å²) in [5.41, 5.74) is 3.99. The van der Waals surface area contributed by atoms with E-state index in [9.17, 15) is 5.11 Å². The molecule has 1 N–H and O–H groups in total. The van der Waals surface area contributed by atoms with Crippen molar-refractivity contribution in [2.24, 2.45) is 0 Å². The quantitative estimate of drug-likeness (QED) is 0.722. The first-order valence-electron chi connectivity index (χ1n) is 5.43. The maximum Gasteiger partial charge on any atom is 0.0608 e. The van der Waals surface area contributed by atoms with Gasteiger partial charge in [-0.05, 0) is 43.4 Å². The lowest BCUT2D eigenvalue weighted by atomic mass is 9.93. The summed E-state index contributed by atoms with van der Waals surface area (Å²) in [7, 11) is 0. The van der Waals surface area contributed by atoms with Gasteiger partial charge in [-0.1, -0.05) is 24.6 Å². The highest BCUT2D eigenvalue weighted by Gasteiger charge is 2.26. The largest absolute Gasteiger partial charge is 0.392 e. The van der Waals surface area contributed by atoms with Gasteiger partial charge in [0, 0.05) is 5.92 Å². The van der Waals surface area contributed by atoms with Gasteiger partial charge in [0.2, 0.25) is 0 Å². The molecule has 2 rings (SSSR count). The molecule has 0 aliphatic heterocycles. The molecule has 1 fully saturated rings. The number of benzene rings is 1. The highest BCUT2D eigenvalue weighted by atomic mass is 16.3. The van der Waals surface area contributed by atoms with Gasteiger partial charge in [0.1, 0.15) is 0 Å². The molecule has 0 heterocycles. The average molecular weight is 190 g/mol. The van der Waals surface area contributed by atoms with Crippen LogP contribution in [0.2, 0.25) is 0 Å². The van der Waals surface area contributed by atoms with Crippen molar-refractivity contribution in [1.82, 2.24) is 0 Å². The molecule has 14 heavy (non-hydrogen) atoms. The van der Waals surface area contributed by atoms with Crippen molar-refractivity contribution >= 4 is 0 Å². The molecule has 0 radical (unpaired) electrons. The zero-order valence-electron chi connectivity index (χ0n) is 8.96. The molecule has 0 spiro atoms. The number of aliphatic hydroxyl groups excluding tert-OH is 1. The van der Waals surface area contributed by atoms with Crippen molar-refractivity contribution in [1.29, 1.82) is 0 Å². The smallest absolute Gasteiger partial charge is 0.0608 e. The second-order valence-electron chi connectivity index (χ2n) is 4.45. The van der Waals surface area contributed by atoms with Gasteiger partial charge in [-0.25, -0.2) is 0 Å². The van der Waals surface area contributed by atoms with Crippen LogP contribution in [0.15, 0.2) is 18.2 Å². The molecule has 1 nitrogen and oxygen atoms in total. The van der Waals surface area contributed by atoms with Gasteiger partial charge < -0.3 is 5.11 Å². The maximum absolute atomic E-state index is 9.80. The van der Waals surface area contributed by atoms with Crippen molar-refractivity contribution < 1.29 is 5.11 Å². The van der Waals surface area contributed by atoms with E-state index >= 15 is 0 Å². The van der Waals surface area contributed by atoms with Crippen LogP contribution in [0.4, 0.5) is 0 Å². The number of hydrogen-bond acceptors (Lipinski definition) is 1. The van der Waals surface area contributed by atoms with Crippen LogP contribution in [0.1, 0.15) is 41.9 Å². The van der Waals surface area contributed by atoms with Crippen molar-refractivity contribution in [2.75, 3.05) is 0 Å². The van der Waals surface area contributed by atoms with Crippen LogP contribution in [0, 0.1) is 13.8 Å². The second kappa shape index (κ2) is 3.74. The van der Waals surface area contributed by atoms with Crippen LogP contribution < -0.4 is 0 Å². The topological polar surface area (TPSA) is 20.2 Å². The first kappa shape index (κ1) is 9.72.